The summed E-state index contributed by atoms with van der Waals surface area (Å²) in [5.41, 5.74) is 1.17. The highest BCUT2D eigenvalue weighted by molar-refractivity contribution is 6.31. The average Bonchev–Trinajstić information content (AvgIpc) is 3.44. The van der Waals surface area contributed by atoms with Crippen molar-refractivity contribution in [3.8, 4) is 11.5 Å². The largest absolute Gasteiger partial charge is 0.492 e. The molecular weight excluding hydrogens is 432 g/mol. The van der Waals surface area contributed by atoms with Gasteiger partial charge in [-0.1, -0.05) is 23.7 Å². The van der Waals surface area contributed by atoms with Crippen LogP contribution in [0.3, 0.4) is 0 Å². The second kappa shape index (κ2) is 10.2. The normalized spacial score (nSPS) is 20.4. The summed E-state index contributed by atoms with van der Waals surface area (Å²) in [5.74, 6) is 0.296. The average molecular weight is 459 g/mol. The Bertz CT molecular complexity index is 977. The number of para-hydroxylation sites is 2. The lowest BCUT2D eigenvalue weighted by molar-refractivity contribution is -0.122. The third-order valence-corrected chi connectivity index (χ3v) is 5.84. The molecule has 32 heavy (non-hydrogen) atoms. The SMILES string of the molecule is CCOc1ccccc1N1CC(C(=O)Nc2cc(Cl)ccc2OCC2CCCO2)CC1=O. The summed E-state index contributed by atoms with van der Waals surface area (Å²) >= 11 is 6.15. The molecule has 1 N–H and O–H groups in total. The van der Waals surface area contributed by atoms with Gasteiger partial charge in [-0.15, -0.1) is 0 Å². The first kappa shape index (κ1) is 22.4. The van der Waals surface area contributed by atoms with Crippen LogP contribution in [0.25, 0.3) is 0 Å². The molecule has 2 saturated heterocycles. The van der Waals surface area contributed by atoms with Crippen molar-refractivity contribution >= 4 is 34.8 Å². The molecule has 8 heteroatoms. The maximum atomic E-state index is 13.0. The second-order valence-electron chi connectivity index (χ2n) is 7.88. The van der Waals surface area contributed by atoms with Crippen molar-refractivity contribution in [2.45, 2.75) is 32.3 Å². The van der Waals surface area contributed by atoms with Crippen molar-refractivity contribution in [2.75, 3.05) is 36.6 Å². The van der Waals surface area contributed by atoms with E-state index in [4.69, 9.17) is 25.8 Å². The number of nitrogens with one attached hydrogen (secondary N) is 1. The number of carbonyl (C=O) groups is 2. The predicted octanol–water partition coefficient (Wildman–Crippen LogP) is 4.29. The Hall–Kier alpha value is -2.77. The molecule has 2 unspecified atom stereocenters. The van der Waals surface area contributed by atoms with Crippen molar-refractivity contribution in [3.63, 3.8) is 0 Å². The number of hydrogen-bond donors (Lipinski definition) is 1. The second-order valence-corrected chi connectivity index (χ2v) is 8.32. The van der Waals surface area contributed by atoms with Crippen LogP contribution in [0.15, 0.2) is 42.5 Å². The number of benzene rings is 2. The smallest absolute Gasteiger partial charge is 0.229 e. The fourth-order valence-electron chi connectivity index (χ4n) is 3.99. The third-order valence-electron chi connectivity index (χ3n) is 5.60. The molecule has 170 valence electrons. The first-order valence-electron chi connectivity index (χ1n) is 10.9. The number of rotatable bonds is 8. The van der Waals surface area contributed by atoms with Gasteiger partial charge in [0.15, 0.2) is 0 Å². The van der Waals surface area contributed by atoms with Crippen LogP contribution in [0.4, 0.5) is 11.4 Å². The van der Waals surface area contributed by atoms with Gasteiger partial charge < -0.3 is 24.4 Å². The van der Waals surface area contributed by atoms with E-state index in [0.29, 0.717) is 41.1 Å². The highest BCUT2D eigenvalue weighted by Crippen LogP contribution is 2.34. The number of halogens is 1. The van der Waals surface area contributed by atoms with Crippen molar-refractivity contribution in [3.05, 3.63) is 47.5 Å². The van der Waals surface area contributed by atoms with Crippen LogP contribution in [0.2, 0.25) is 5.02 Å². The zero-order chi connectivity index (χ0) is 22.5. The molecule has 4 rings (SSSR count). The lowest BCUT2D eigenvalue weighted by atomic mass is 10.1. The van der Waals surface area contributed by atoms with Gasteiger partial charge in [0, 0.05) is 24.6 Å². The zero-order valence-corrected chi connectivity index (χ0v) is 18.8. The Morgan fingerprint density at radius 3 is 2.84 bits per heavy atom. The molecule has 7 nitrogen and oxygen atoms in total. The Morgan fingerprint density at radius 1 is 1.22 bits per heavy atom. The van der Waals surface area contributed by atoms with Crippen LogP contribution in [0.1, 0.15) is 26.2 Å². The maximum Gasteiger partial charge on any atom is 0.229 e. The van der Waals surface area contributed by atoms with Gasteiger partial charge in [-0.2, -0.15) is 0 Å². The first-order chi connectivity index (χ1) is 15.5. The summed E-state index contributed by atoms with van der Waals surface area (Å²) < 4.78 is 17.2. The van der Waals surface area contributed by atoms with Crippen molar-refractivity contribution < 1.29 is 23.8 Å². The Morgan fingerprint density at radius 2 is 2.06 bits per heavy atom. The molecule has 0 aromatic heterocycles. The fourth-order valence-corrected chi connectivity index (χ4v) is 4.16. The molecule has 0 aliphatic carbocycles. The van der Waals surface area contributed by atoms with Gasteiger partial charge in [0.2, 0.25) is 11.8 Å². The maximum absolute atomic E-state index is 13.0. The molecule has 0 spiro atoms. The molecule has 0 bridgehead atoms. The fraction of sp³-hybridized carbons (Fsp3) is 0.417. The molecule has 2 aliphatic heterocycles. The van der Waals surface area contributed by atoms with E-state index >= 15 is 0 Å². The minimum absolute atomic E-state index is 0.0562. The monoisotopic (exact) mass is 458 g/mol. The Kier molecular flexibility index (Phi) is 7.17. The lowest BCUT2D eigenvalue weighted by Gasteiger charge is -2.20. The highest BCUT2D eigenvalue weighted by Gasteiger charge is 2.36. The van der Waals surface area contributed by atoms with Gasteiger partial charge in [-0.25, -0.2) is 0 Å². The van der Waals surface area contributed by atoms with Gasteiger partial charge in [0.25, 0.3) is 0 Å². The van der Waals surface area contributed by atoms with Gasteiger partial charge in [-0.3, -0.25) is 9.59 Å². The number of nitrogens with zero attached hydrogens (tertiary/aromatic N) is 1. The van der Waals surface area contributed by atoms with Crippen molar-refractivity contribution in [1.29, 1.82) is 0 Å². The van der Waals surface area contributed by atoms with Crippen LogP contribution >= 0.6 is 11.6 Å². The number of ether oxygens (including phenoxy) is 3. The summed E-state index contributed by atoms with van der Waals surface area (Å²) in [4.78, 5) is 27.3. The van der Waals surface area contributed by atoms with Gasteiger partial charge >= 0.3 is 0 Å². The van der Waals surface area contributed by atoms with Crippen LogP contribution < -0.4 is 19.7 Å². The molecule has 2 aromatic rings. The lowest BCUT2D eigenvalue weighted by Crippen LogP contribution is -2.28. The quantitative estimate of drug-likeness (QED) is 0.638. The first-order valence-corrected chi connectivity index (χ1v) is 11.3. The molecule has 2 heterocycles. The number of hydrogen-bond acceptors (Lipinski definition) is 5. The van der Waals surface area contributed by atoms with E-state index in [1.54, 1.807) is 23.1 Å². The van der Waals surface area contributed by atoms with E-state index in [1.807, 2.05) is 31.2 Å². The standard InChI is InChI=1S/C24H27ClN2O5/c1-2-30-22-8-4-3-7-20(22)27-14-16(12-23(27)28)24(29)26-19-13-17(25)9-10-21(19)32-15-18-6-5-11-31-18/h3-4,7-10,13,16,18H,2,5-6,11-12,14-15H2,1H3,(H,26,29). The number of amides is 2. The minimum atomic E-state index is -0.498. The molecule has 0 saturated carbocycles. The molecule has 2 amide bonds. The van der Waals surface area contributed by atoms with Crippen molar-refractivity contribution in [1.82, 2.24) is 0 Å². The van der Waals surface area contributed by atoms with Crippen LogP contribution in [0, 0.1) is 5.92 Å². The summed E-state index contributed by atoms with van der Waals surface area (Å²) in [5, 5.41) is 3.39. The summed E-state index contributed by atoms with van der Waals surface area (Å²) in [6.45, 7) is 3.82. The van der Waals surface area contributed by atoms with Crippen LogP contribution in [0.5, 0.6) is 11.5 Å². The summed E-state index contributed by atoms with van der Waals surface area (Å²) in [6.07, 6.45) is 2.16. The molecule has 0 radical (unpaired) electrons. The summed E-state index contributed by atoms with van der Waals surface area (Å²) in [6, 6.07) is 12.5. The van der Waals surface area contributed by atoms with E-state index in [0.717, 1.165) is 19.4 Å². The highest BCUT2D eigenvalue weighted by atomic mass is 35.5. The Labute approximate surface area is 192 Å². The molecule has 2 aromatic carbocycles. The van der Waals surface area contributed by atoms with Crippen LogP contribution in [-0.4, -0.2) is 44.3 Å². The molecular formula is C24H27ClN2O5. The summed E-state index contributed by atoms with van der Waals surface area (Å²) in [7, 11) is 0. The zero-order valence-electron chi connectivity index (χ0n) is 18.0. The van der Waals surface area contributed by atoms with Gasteiger partial charge in [-0.05, 0) is 50.1 Å². The third kappa shape index (κ3) is 5.16. The topological polar surface area (TPSA) is 77.1 Å². The van der Waals surface area contributed by atoms with Gasteiger partial charge in [0.05, 0.1) is 30.0 Å². The van der Waals surface area contributed by atoms with Crippen LogP contribution in [-0.2, 0) is 14.3 Å². The number of anilines is 2. The molecule has 2 atom stereocenters. The van der Waals surface area contributed by atoms with E-state index in [2.05, 4.69) is 5.32 Å². The molecule has 2 fully saturated rings. The van der Waals surface area contributed by atoms with E-state index < -0.39 is 5.92 Å². The van der Waals surface area contributed by atoms with Gasteiger partial charge in [0.1, 0.15) is 18.1 Å². The predicted molar refractivity (Wildman–Crippen MR) is 123 cm³/mol. The van der Waals surface area contributed by atoms with E-state index in [1.165, 1.54) is 0 Å². The Balaban J connectivity index is 1.44. The van der Waals surface area contributed by atoms with Crippen molar-refractivity contribution in [2.24, 2.45) is 5.92 Å². The number of carbonyl (C=O) groups excluding carboxylic acids is 2. The van der Waals surface area contributed by atoms with E-state index in [9.17, 15) is 9.59 Å². The van der Waals surface area contributed by atoms with E-state index in [-0.39, 0.29) is 30.9 Å². The molecule has 2 aliphatic rings. The minimum Gasteiger partial charge on any atom is -0.492 e.